The van der Waals surface area contributed by atoms with Gasteiger partial charge in [-0.15, -0.1) is 0 Å². The Morgan fingerprint density at radius 2 is 1.93 bits per heavy atom. The minimum atomic E-state index is -0.133. The lowest BCUT2D eigenvalue weighted by molar-refractivity contribution is 0.0950. The fourth-order valence-electron chi connectivity index (χ4n) is 3.40. The van der Waals surface area contributed by atoms with Crippen molar-refractivity contribution in [2.24, 2.45) is 0 Å². The molecule has 2 heterocycles. The molecule has 4 rings (SSSR count). The second-order valence-corrected chi connectivity index (χ2v) is 6.80. The van der Waals surface area contributed by atoms with Crippen LogP contribution in [0.2, 0.25) is 0 Å². The number of carbonyl (C=O) groups excluding carboxylic acids is 1. The lowest BCUT2D eigenvalue weighted by Crippen LogP contribution is -2.23. The van der Waals surface area contributed by atoms with E-state index in [9.17, 15) is 4.79 Å². The van der Waals surface area contributed by atoms with E-state index in [1.807, 2.05) is 31.2 Å². The predicted octanol–water partition coefficient (Wildman–Crippen LogP) is 3.11. The molecule has 2 aromatic rings. The van der Waals surface area contributed by atoms with E-state index in [0.717, 1.165) is 29.7 Å². The van der Waals surface area contributed by atoms with Crippen LogP contribution >= 0.6 is 0 Å². The standard InChI is InChI=1S/C21H23NO5/c1-13-8-15-9-14(4-5-17(15)27-13)21(23)22-12-16-10-19-20(11-18(16)24-2)26-7-3-6-25-19/h4-5,9-11,13H,3,6-8,12H2,1-2H3,(H,22,23)/t13-/m0/s1. The minimum absolute atomic E-state index is 0.133. The fraction of sp³-hybridized carbons (Fsp3) is 0.381. The van der Waals surface area contributed by atoms with E-state index >= 15 is 0 Å². The molecule has 0 bridgehead atoms. The molecular weight excluding hydrogens is 346 g/mol. The Balaban J connectivity index is 1.49. The molecule has 27 heavy (non-hydrogen) atoms. The van der Waals surface area contributed by atoms with Crippen molar-refractivity contribution in [3.63, 3.8) is 0 Å². The fourth-order valence-corrected chi connectivity index (χ4v) is 3.40. The zero-order valence-electron chi connectivity index (χ0n) is 15.5. The summed E-state index contributed by atoms with van der Waals surface area (Å²) < 4.78 is 22.6. The number of rotatable bonds is 4. The molecule has 1 N–H and O–H groups in total. The van der Waals surface area contributed by atoms with Crippen LogP contribution in [0.25, 0.3) is 0 Å². The highest BCUT2D eigenvalue weighted by Crippen LogP contribution is 2.36. The molecule has 0 fully saturated rings. The van der Waals surface area contributed by atoms with E-state index in [-0.39, 0.29) is 12.0 Å². The first kappa shape index (κ1) is 17.5. The predicted molar refractivity (Wildman–Crippen MR) is 100 cm³/mol. The van der Waals surface area contributed by atoms with Crippen molar-refractivity contribution in [2.75, 3.05) is 20.3 Å². The molecule has 1 atom stereocenters. The number of amides is 1. The van der Waals surface area contributed by atoms with Crippen molar-refractivity contribution in [3.8, 4) is 23.0 Å². The molecule has 6 heteroatoms. The van der Waals surface area contributed by atoms with Gasteiger partial charge in [-0.25, -0.2) is 0 Å². The van der Waals surface area contributed by atoms with E-state index < -0.39 is 0 Å². The van der Waals surface area contributed by atoms with Crippen molar-refractivity contribution in [1.29, 1.82) is 0 Å². The van der Waals surface area contributed by atoms with Gasteiger partial charge in [0, 0.05) is 36.6 Å². The number of hydrogen-bond donors (Lipinski definition) is 1. The normalized spacial score (nSPS) is 17.5. The molecule has 2 aliphatic heterocycles. The summed E-state index contributed by atoms with van der Waals surface area (Å²) in [4.78, 5) is 12.6. The van der Waals surface area contributed by atoms with Crippen LogP contribution in [-0.4, -0.2) is 32.3 Å². The number of ether oxygens (including phenoxy) is 4. The summed E-state index contributed by atoms with van der Waals surface area (Å²) in [6.07, 6.45) is 1.82. The van der Waals surface area contributed by atoms with Gasteiger partial charge < -0.3 is 24.3 Å². The van der Waals surface area contributed by atoms with Crippen molar-refractivity contribution >= 4 is 5.91 Å². The molecule has 0 aliphatic carbocycles. The second-order valence-electron chi connectivity index (χ2n) is 6.80. The van der Waals surface area contributed by atoms with Gasteiger partial charge in [0.15, 0.2) is 11.5 Å². The minimum Gasteiger partial charge on any atom is -0.496 e. The monoisotopic (exact) mass is 369 g/mol. The molecule has 0 spiro atoms. The molecule has 0 aromatic heterocycles. The summed E-state index contributed by atoms with van der Waals surface area (Å²) in [5.74, 6) is 2.75. The quantitative estimate of drug-likeness (QED) is 0.897. The summed E-state index contributed by atoms with van der Waals surface area (Å²) >= 11 is 0. The maximum absolute atomic E-state index is 12.6. The SMILES string of the molecule is COc1cc2c(cc1CNC(=O)c1ccc3c(c1)C[C@H](C)O3)OCCCO2. The molecule has 0 unspecified atom stereocenters. The number of carbonyl (C=O) groups is 1. The smallest absolute Gasteiger partial charge is 0.251 e. The average Bonchev–Trinajstić information content (AvgIpc) is 2.89. The third-order valence-electron chi connectivity index (χ3n) is 4.75. The Morgan fingerprint density at radius 3 is 2.70 bits per heavy atom. The van der Waals surface area contributed by atoms with E-state index in [2.05, 4.69) is 5.32 Å². The Hall–Kier alpha value is -2.89. The summed E-state index contributed by atoms with van der Waals surface area (Å²) in [5, 5.41) is 2.96. The molecule has 0 radical (unpaired) electrons. The first-order valence-corrected chi connectivity index (χ1v) is 9.18. The van der Waals surface area contributed by atoms with Crippen molar-refractivity contribution < 1.29 is 23.7 Å². The lowest BCUT2D eigenvalue weighted by atomic mass is 10.1. The third kappa shape index (κ3) is 3.65. The zero-order valence-corrected chi connectivity index (χ0v) is 15.5. The van der Waals surface area contributed by atoms with Gasteiger partial charge in [0.2, 0.25) is 0 Å². The van der Waals surface area contributed by atoms with Crippen LogP contribution < -0.4 is 24.3 Å². The van der Waals surface area contributed by atoms with E-state index in [4.69, 9.17) is 18.9 Å². The molecule has 0 saturated carbocycles. The summed E-state index contributed by atoms with van der Waals surface area (Å²) in [6, 6.07) is 9.24. The molecule has 2 aliphatic rings. The summed E-state index contributed by atoms with van der Waals surface area (Å²) in [6.45, 7) is 3.59. The van der Waals surface area contributed by atoms with Gasteiger partial charge in [-0.05, 0) is 36.8 Å². The molecule has 142 valence electrons. The van der Waals surface area contributed by atoms with Crippen LogP contribution in [0.3, 0.4) is 0 Å². The molecule has 2 aromatic carbocycles. The summed E-state index contributed by atoms with van der Waals surface area (Å²) in [7, 11) is 1.60. The number of fused-ring (bicyclic) bond motifs is 2. The molecular formula is C21H23NO5. The average molecular weight is 369 g/mol. The van der Waals surface area contributed by atoms with Crippen LogP contribution in [-0.2, 0) is 13.0 Å². The largest absolute Gasteiger partial charge is 0.496 e. The molecule has 0 saturated heterocycles. The van der Waals surface area contributed by atoms with Crippen LogP contribution in [0.4, 0.5) is 0 Å². The molecule has 6 nitrogen and oxygen atoms in total. The number of benzene rings is 2. The van der Waals surface area contributed by atoms with Crippen LogP contribution in [0.15, 0.2) is 30.3 Å². The maximum Gasteiger partial charge on any atom is 0.251 e. The van der Waals surface area contributed by atoms with Crippen LogP contribution in [0.5, 0.6) is 23.0 Å². The van der Waals surface area contributed by atoms with Gasteiger partial charge in [-0.1, -0.05) is 0 Å². The number of methoxy groups -OCH3 is 1. The van der Waals surface area contributed by atoms with Crippen LogP contribution in [0.1, 0.15) is 34.8 Å². The Kier molecular flexibility index (Phi) is 4.79. The van der Waals surface area contributed by atoms with Crippen molar-refractivity contribution in [2.45, 2.75) is 32.4 Å². The van der Waals surface area contributed by atoms with E-state index in [1.165, 1.54) is 0 Å². The number of nitrogens with one attached hydrogen (secondary N) is 1. The van der Waals surface area contributed by atoms with Gasteiger partial charge in [0.1, 0.15) is 17.6 Å². The first-order chi connectivity index (χ1) is 13.1. The second kappa shape index (κ2) is 7.39. The van der Waals surface area contributed by atoms with E-state index in [0.29, 0.717) is 42.6 Å². The highest BCUT2D eigenvalue weighted by molar-refractivity contribution is 5.94. The Bertz CT molecular complexity index is 864. The first-order valence-electron chi connectivity index (χ1n) is 9.18. The lowest BCUT2D eigenvalue weighted by Gasteiger charge is -2.14. The Labute approximate surface area is 158 Å². The van der Waals surface area contributed by atoms with Gasteiger partial charge in [0.05, 0.1) is 20.3 Å². The maximum atomic E-state index is 12.6. The number of hydrogen-bond acceptors (Lipinski definition) is 5. The summed E-state index contributed by atoms with van der Waals surface area (Å²) in [5.41, 5.74) is 2.54. The topological polar surface area (TPSA) is 66.0 Å². The van der Waals surface area contributed by atoms with Gasteiger partial charge in [-0.2, -0.15) is 0 Å². The molecule has 1 amide bonds. The highest BCUT2D eigenvalue weighted by Gasteiger charge is 2.21. The Morgan fingerprint density at radius 1 is 1.15 bits per heavy atom. The van der Waals surface area contributed by atoms with Crippen LogP contribution in [0, 0.1) is 0 Å². The van der Waals surface area contributed by atoms with Gasteiger partial charge in [0.25, 0.3) is 5.91 Å². The third-order valence-corrected chi connectivity index (χ3v) is 4.75. The highest BCUT2D eigenvalue weighted by atomic mass is 16.5. The van der Waals surface area contributed by atoms with E-state index in [1.54, 1.807) is 13.2 Å². The van der Waals surface area contributed by atoms with Crippen molar-refractivity contribution in [1.82, 2.24) is 5.32 Å². The zero-order chi connectivity index (χ0) is 18.8. The van der Waals surface area contributed by atoms with Crippen molar-refractivity contribution in [3.05, 3.63) is 47.0 Å². The van der Waals surface area contributed by atoms with Gasteiger partial charge >= 0.3 is 0 Å². The van der Waals surface area contributed by atoms with Gasteiger partial charge in [-0.3, -0.25) is 4.79 Å².